The van der Waals surface area contributed by atoms with Gasteiger partial charge in [-0.2, -0.15) is 0 Å². The standard InChI is InChI=1S/C13H11FO4/c14-9-3-1-2-8(6-9)7-10(15)11-4-5-12(18-11)13(16)17/h1-6,10,15H,7H2,(H,16,17). The second-order valence-corrected chi connectivity index (χ2v) is 3.86. The Kier molecular flexibility index (Phi) is 3.43. The summed E-state index contributed by atoms with van der Waals surface area (Å²) in [5.74, 6) is -1.66. The fraction of sp³-hybridized carbons (Fsp3) is 0.154. The molecule has 2 aromatic rings. The first kappa shape index (κ1) is 12.3. The zero-order chi connectivity index (χ0) is 13.1. The Morgan fingerprint density at radius 3 is 2.72 bits per heavy atom. The van der Waals surface area contributed by atoms with E-state index >= 15 is 0 Å². The van der Waals surface area contributed by atoms with Gasteiger partial charge in [-0.05, 0) is 29.8 Å². The first-order valence-corrected chi connectivity index (χ1v) is 5.32. The van der Waals surface area contributed by atoms with Gasteiger partial charge in [-0.1, -0.05) is 12.1 Å². The molecule has 1 heterocycles. The normalized spacial score (nSPS) is 12.3. The Hall–Kier alpha value is -2.14. The van der Waals surface area contributed by atoms with Gasteiger partial charge in [0, 0.05) is 6.42 Å². The lowest BCUT2D eigenvalue weighted by molar-refractivity contribution is 0.0651. The Balaban J connectivity index is 2.11. The van der Waals surface area contributed by atoms with Crippen molar-refractivity contribution in [2.24, 2.45) is 0 Å². The van der Waals surface area contributed by atoms with Crippen molar-refractivity contribution in [3.05, 3.63) is 59.3 Å². The molecule has 5 heteroatoms. The van der Waals surface area contributed by atoms with Crippen molar-refractivity contribution in [1.29, 1.82) is 0 Å². The molecule has 0 aliphatic heterocycles. The largest absolute Gasteiger partial charge is 0.475 e. The molecule has 0 saturated carbocycles. The number of aliphatic hydroxyl groups is 1. The van der Waals surface area contributed by atoms with Crippen molar-refractivity contribution in [2.75, 3.05) is 0 Å². The highest BCUT2D eigenvalue weighted by atomic mass is 19.1. The number of carboxylic acid groups (broad SMARTS) is 1. The Bertz CT molecular complexity index is 562. The highest BCUT2D eigenvalue weighted by Gasteiger charge is 2.16. The van der Waals surface area contributed by atoms with Crippen LogP contribution in [0.15, 0.2) is 40.8 Å². The van der Waals surface area contributed by atoms with Crippen LogP contribution < -0.4 is 0 Å². The van der Waals surface area contributed by atoms with E-state index < -0.39 is 12.1 Å². The maximum atomic E-state index is 12.9. The van der Waals surface area contributed by atoms with Crippen LogP contribution in [-0.2, 0) is 6.42 Å². The summed E-state index contributed by atoms with van der Waals surface area (Å²) in [5.41, 5.74) is 0.607. The van der Waals surface area contributed by atoms with Gasteiger partial charge in [0.2, 0.25) is 5.76 Å². The average Bonchev–Trinajstić information content (AvgIpc) is 2.78. The van der Waals surface area contributed by atoms with Crippen LogP contribution in [0.4, 0.5) is 4.39 Å². The minimum Gasteiger partial charge on any atom is -0.475 e. The Labute approximate surface area is 102 Å². The molecule has 0 amide bonds. The summed E-state index contributed by atoms with van der Waals surface area (Å²) >= 11 is 0. The fourth-order valence-electron chi connectivity index (χ4n) is 1.63. The van der Waals surface area contributed by atoms with Gasteiger partial charge in [0.25, 0.3) is 0 Å². The highest BCUT2D eigenvalue weighted by molar-refractivity contribution is 5.84. The third kappa shape index (κ3) is 2.75. The molecule has 0 radical (unpaired) electrons. The second kappa shape index (κ2) is 5.01. The van der Waals surface area contributed by atoms with Crippen LogP contribution in [0.5, 0.6) is 0 Å². The number of aliphatic hydroxyl groups excluding tert-OH is 1. The molecular formula is C13H11FO4. The Morgan fingerprint density at radius 2 is 2.11 bits per heavy atom. The molecule has 1 aromatic carbocycles. The van der Waals surface area contributed by atoms with Gasteiger partial charge in [-0.25, -0.2) is 9.18 Å². The van der Waals surface area contributed by atoms with Crippen LogP contribution in [0.2, 0.25) is 0 Å². The van der Waals surface area contributed by atoms with Crippen LogP contribution >= 0.6 is 0 Å². The van der Waals surface area contributed by atoms with Crippen LogP contribution in [0.1, 0.15) is 28.0 Å². The van der Waals surface area contributed by atoms with Gasteiger partial charge < -0.3 is 14.6 Å². The minimum absolute atomic E-state index is 0.150. The molecule has 1 unspecified atom stereocenters. The Morgan fingerprint density at radius 1 is 1.33 bits per heavy atom. The molecule has 94 valence electrons. The lowest BCUT2D eigenvalue weighted by atomic mass is 10.1. The average molecular weight is 250 g/mol. The molecular weight excluding hydrogens is 239 g/mol. The molecule has 0 aliphatic rings. The van der Waals surface area contributed by atoms with Gasteiger partial charge in [0.05, 0.1) is 0 Å². The second-order valence-electron chi connectivity index (χ2n) is 3.86. The van der Waals surface area contributed by atoms with Crippen LogP contribution in [0.3, 0.4) is 0 Å². The molecule has 2 rings (SSSR count). The zero-order valence-electron chi connectivity index (χ0n) is 9.34. The number of furan rings is 1. The van der Waals surface area contributed by atoms with Crippen LogP contribution in [0, 0.1) is 5.82 Å². The summed E-state index contributed by atoms with van der Waals surface area (Å²) in [6.45, 7) is 0. The van der Waals surface area contributed by atoms with Gasteiger partial charge in [-0.3, -0.25) is 0 Å². The number of aromatic carboxylic acids is 1. The maximum absolute atomic E-state index is 12.9. The third-order valence-corrected chi connectivity index (χ3v) is 2.48. The van der Waals surface area contributed by atoms with Crippen molar-refractivity contribution in [3.8, 4) is 0 Å². The zero-order valence-corrected chi connectivity index (χ0v) is 9.34. The number of carboxylic acids is 1. The van der Waals surface area contributed by atoms with E-state index in [9.17, 15) is 14.3 Å². The van der Waals surface area contributed by atoms with Crippen molar-refractivity contribution in [1.82, 2.24) is 0 Å². The summed E-state index contributed by atoms with van der Waals surface area (Å²) in [7, 11) is 0. The highest BCUT2D eigenvalue weighted by Crippen LogP contribution is 2.21. The van der Waals surface area contributed by atoms with Crippen molar-refractivity contribution in [3.63, 3.8) is 0 Å². The molecule has 0 spiro atoms. The van der Waals surface area contributed by atoms with E-state index in [0.29, 0.717) is 5.56 Å². The summed E-state index contributed by atoms with van der Waals surface area (Å²) in [6.07, 6.45) is -0.843. The SMILES string of the molecule is O=C(O)c1ccc(C(O)Cc2cccc(F)c2)o1. The molecule has 0 saturated heterocycles. The van der Waals surface area contributed by atoms with Gasteiger partial charge >= 0.3 is 5.97 Å². The lowest BCUT2D eigenvalue weighted by Gasteiger charge is -2.07. The number of rotatable bonds is 4. The molecule has 0 fully saturated rings. The molecule has 4 nitrogen and oxygen atoms in total. The summed E-state index contributed by atoms with van der Waals surface area (Å²) in [5, 5.41) is 18.5. The summed E-state index contributed by atoms with van der Waals surface area (Å²) in [6, 6.07) is 8.50. The number of hydrogen-bond acceptors (Lipinski definition) is 3. The van der Waals surface area contributed by atoms with Crippen LogP contribution in [0.25, 0.3) is 0 Å². The quantitative estimate of drug-likeness (QED) is 0.874. The van der Waals surface area contributed by atoms with E-state index in [1.165, 1.54) is 24.3 Å². The first-order chi connectivity index (χ1) is 8.56. The van der Waals surface area contributed by atoms with E-state index in [0.717, 1.165) is 0 Å². The fourth-order valence-corrected chi connectivity index (χ4v) is 1.63. The monoisotopic (exact) mass is 250 g/mol. The number of halogens is 1. The molecule has 1 aromatic heterocycles. The van der Waals surface area contributed by atoms with Crippen molar-refractivity contribution < 1.29 is 23.8 Å². The van der Waals surface area contributed by atoms with Crippen LogP contribution in [-0.4, -0.2) is 16.2 Å². The van der Waals surface area contributed by atoms with E-state index in [1.807, 2.05) is 0 Å². The third-order valence-electron chi connectivity index (χ3n) is 2.48. The first-order valence-electron chi connectivity index (χ1n) is 5.32. The van der Waals surface area contributed by atoms with E-state index in [-0.39, 0.29) is 23.8 Å². The van der Waals surface area contributed by atoms with E-state index in [4.69, 9.17) is 9.52 Å². The molecule has 2 N–H and O–H groups in total. The molecule has 1 atom stereocenters. The van der Waals surface area contributed by atoms with Gasteiger partial charge in [-0.15, -0.1) is 0 Å². The van der Waals surface area contributed by atoms with Crippen molar-refractivity contribution in [2.45, 2.75) is 12.5 Å². The number of hydrogen-bond donors (Lipinski definition) is 2. The summed E-state index contributed by atoms with van der Waals surface area (Å²) < 4.78 is 17.9. The molecule has 18 heavy (non-hydrogen) atoms. The predicted molar refractivity (Wildman–Crippen MR) is 60.7 cm³/mol. The predicted octanol–water partition coefficient (Wildman–Crippen LogP) is 2.39. The minimum atomic E-state index is -1.20. The van der Waals surface area contributed by atoms with Crippen molar-refractivity contribution >= 4 is 5.97 Å². The lowest BCUT2D eigenvalue weighted by Crippen LogP contribution is -2.01. The van der Waals surface area contributed by atoms with Gasteiger partial charge in [0.15, 0.2) is 0 Å². The number of benzene rings is 1. The van der Waals surface area contributed by atoms with Gasteiger partial charge in [0.1, 0.15) is 17.7 Å². The number of carbonyl (C=O) groups is 1. The topological polar surface area (TPSA) is 70.7 Å². The molecule has 0 bridgehead atoms. The van der Waals surface area contributed by atoms with E-state index in [1.54, 1.807) is 12.1 Å². The summed E-state index contributed by atoms with van der Waals surface area (Å²) in [4.78, 5) is 10.6. The maximum Gasteiger partial charge on any atom is 0.371 e. The smallest absolute Gasteiger partial charge is 0.371 e. The van der Waals surface area contributed by atoms with E-state index in [2.05, 4.69) is 0 Å². The molecule has 0 aliphatic carbocycles.